The van der Waals surface area contributed by atoms with E-state index in [0.717, 1.165) is 25.7 Å². The molecule has 0 bridgehead atoms. The number of rotatable bonds is 6. The molecule has 0 aliphatic heterocycles. The monoisotopic (exact) mass is 313 g/mol. The number of nitrogens with two attached hydrogens (primary N) is 1. The van der Waals surface area contributed by atoms with Gasteiger partial charge in [-0.25, -0.2) is 8.42 Å². The number of hydrogen-bond donors (Lipinski definition) is 1. The van der Waals surface area contributed by atoms with Crippen LogP contribution in [0, 0.1) is 0 Å². The van der Waals surface area contributed by atoms with E-state index in [1.165, 1.54) is 0 Å². The van der Waals surface area contributed by atoms with E-state index in [0.29, 0.717) is 17.1 Å². The summed E-state index contributed by atoms with van der Waals surface area (Å²) in [5.74, 6) is 1.17. The van der Waals surface area contributed by atoms with Gasteiger partial charge >= 0.3 is 0 Å². The van der Waals surface area contributed by atoms with Gasteiger partial charge in [-0.1, -0.05) is 12.8 Å². The number of methoxy groups -OCH3 is 2. The summed E-state index contributed by atoms with van der Waals surface area (Å²) in [5, 5.41) is -0.236. The molecular formula is C15H23NO4S. The highest BCUT2D eigenvalue weighted by Gasteiger charge is 2.31. The van der Waals surface area contributed by atoms with Gasteiger partial charge in [-0.05, 0) is 31.0 Å². The summed E-state index contributed by atoms with van der Waals surface area (Å²) in [6.07, 6.45) is 3.48. The van der Waals surface area contributed by atoms with E-state index in [2.05, 4.69) is 0 Å². The lowest BCUT2D eigenvalue weighted by atomic mass is 10.1. The fourth-order valence-corrected chi connectivity index (χ4v) is 4.86. The van der Waals surface area contributed by atoms with Crippen LogP contribution in [0.25, 0.3) is 0 Å². The van der Waals surface area contributed by atoms with Crippen molar-refractivity contribution in [2.24, 2.45) is 5.73 Å². The number of ether oxygens (including phenoxy) is 2. The van der Waals surface area contributed by atoms with Crippen LogP contribution >= 0.6 is 0 Å². The minimum atomic E-state index is -3.17. The van der Waals surface area contributed by atoms with Crippen LogP contribution in [0.2, 0.25) is 0 Å². The maximum absolute atomic E-state index is 12.4. The first-order chi connectivity index (χ1) is 9.97. The third-order valence-corrected chi connectivity index (χ3v) is 6.37. The smallest absolute Gasteiger partial charge is 0.155 e. The predicted molar refractivity (Wildman–Crippen MR) is 82.5 cm³/mol. The SMILES string of the molecule is COc1ccc(OC)c(C(N)CS(=O)(=O)C2CCCC2)c1. The van der Waals surface area contributed by atoms with Crippen LogP contribution in [0.1, 0.15) is 37.3 Å². The molecular weight excluding hydrogens is 290 g/mol. The Hall–Kier alpha value is -1.27. The van der Waals surface area contributed by atoms with Gasteiger partial charge in [0.1, 0.15) is 11.5 Å². The molecule has 21 heavy (non-hydrogen) atoms. The number of hydrogen-bond acceptors (Lipinski definition) is 5. The molecule has 0 amide bonds. The summed E-state index contributed by atoms with van der Waals surface area (Å²) in [7, 11) is -0.0663. The van der Waals surface area contributed by atoms with E-state index in [-0.39, 0.29) is 11.0 Å². The van der Waals surface area contributed by atoms with Crippen LogP contribution in [0.15, 0.2) is 18.2 Å². The first-order valence-corrected chi connectivity index (χ1v) is 8.88. The largest absolute Gasteiger partial charge is 0.497 e. The molecule has 1 aliphatic rings. The van der Waals surface area contributed by atoms with Crippen LogP contribution in [-0.4, -0.2) is 33.6 Å². The van der Waals surface area contributed by atoms with Gasteiger partial charge in [0.25, 0.3) is 0 Å². The van der Waals surface area contributed by atoms with Crippen LogP contribution in [0.4, 0.5) is 0 Å². The van der Waals surface area contributed by atoms with Crippen LogP contribution < -0.4 is 15.2 Å². The Morgan fingerprint density at radius 2 is 1.90 bits per heavy atom. The minimum absolute atomic E-state index is 0.0544. The first-order valence-electron chi connectivity index (χ1n) is 7.17. The van der Waals surface area contributed by atoms with Gasteiger partial charge in [0.15, 0.2) is 9.84 Å². The van der Waals surface area contributed by atoms with Gasteiger partial charge < -0.3 is 15.2 Å². The molecule has 1 aliphatic carbocycles. The van der Waals surface area contributed by atoms with Gasteiger partial charge in [0.2, 0.25) is 0 Å². The fraction of sp³-hybridized carbons (Fsp3) is 0.600. The standard InChI is InChI=1S/C15H23NO4S/c1-19-11-7-8-15(20-2)13(9-11)14(16)10-21(17,18)12-5-3-4-6-12/h7-9,12,14H,3-6,10,16H2,1-2H3. The number of benzene rings is 1. The van der Waals surface area contributed by atoms with Crippen molar-refractivity contribution >= 4 is 9.84 Å². The van der Waals surface area contributed by atoms with Crippen molar-refractivity contribution in [3.8, 4) is 11.5 Å². The van der Waals surface area contributed by atoms with Crippen molar-refractivity contribution in [2.45, 2.75) is 37.0 Å². The minimum Gasteiger partial charge on any atom is -0.497 e. The molecule has 1 saturated carbocycles. The average molecular weight is 313 g/mol. The molecule has 1 aromatic carbocycles. The van der Waals surface area contributed by atoms with E-state index >= 15 is 0 Å². The summed E-state index contributed by atoms with van der Waals surface area (Å²) in [5.41, 5.74) is 6.80. The van der Waals surface area contributed by atoms with Crippen molar-refractivity contribution < 1.29 is 17.9 Å². The number of sulfone groups is 1. The Kier molecular flexibility index (Phi) is 5.11. The van der Waals surface area contributed by atoms with Gasteiger partial charge in [-0.15, -0.1) is 0 Å². The van der Waals surface area contributed by atoms with Crippen molar-refractivity contribution in [2.75, 3.05) is 20.0 Å². The summed E-state index contributed by atoms with van der Waals surface area (Å²) in [6.45, 7) is 0. The molecule has 1 aromatic rings. The van der Waals surface area contributed by atoms with E-state index in [4.69, 9.17) is 15.2 Å². The average Bonchev–Trinajstić information content (AvgIpc) is 3.01. The van der Waals surface area contributed by atoms with Gasteiger partial charge in [0, 0.05) is 11.6 Å². The Balaban J connectivity index is 2.21. The maximum atomic E-state index is 12.4. The first kappa shape index (κ1) is 16.1. The molecule has 1 atom stereocenters. The van der Waals surface area contributed by atoms with Crippen LogP contribution in [0.5, 0.6) is 11.5 Å². The summed E-state index contributed by atoms with van der Waals surface area (Å²) < 4.78 is 35.3. The molecule has 1 fully saturated rings. The molecule has 6 heteroatoms. The topological polar surface area (TPSA) is 78.6 Å². The maximum Gasteiger partial charge on any atom is 0.155 e. The highest BCUT2D eigenvalue weighted by atomic mass is 32.2. The zero-order valence-corrected chi connectivity index (χ0v) is 13.4. The highest BCUT2D eigenvalue weighted by molar-refractivity contribution is 7.92. The van der Waals surface area contributed by atoms with Gasteiger partial charge in [0.05, 0.1) is 25.2 Å². The van der Waals surface area contributed by atoms with E-state index in [9.17, 15) is 8.42 Å². The Morgan fingerprint density at radius 1 is 1.24 bits per heavy atom. The summed E-state index contributed by atoms with van der Waals surface area (Å²) in [6, 6.07) is 4.64. The molecule has 0 spiro atoms. The predicted octanol–water partition coefficient (Wildman–Crippen LogP) is 2.06. The normalized spacial score (nSPS) is 17.7. The summed E-state index contributed by atoms with van der Waals surface area (Å²) >= 11 is 0. The van der Waals surface area contributed by atoms with Crippen molar-refractivity contribution in [1.29, 1.82) is 0 Å². The Morgan fingerprint density at radius 3 is 2.48 bits per heavy atom. The van der Waals surface area contributed by atoms with Gasteiger partial charge in [-0.3, -0.25) is 0 Å². The van der Waals surface area contributed by atoms with E-state index < -0.39 is 15.9 Å². The second-order valence-corrected chi connectivity index (χ2v) is 7.78. The fourth-order valence-electron chi connectivity index (χ4n) is 2.85. The zero-order chi connectivity index (χ0) is 15.5. The lowest BCUT2D eigenvalue weighted by Crippen LogP contribution is -2.28. The molecule has 118 valence electrons. The summed E-state index contributed by atoms with van der Waals surface area (Å²) in [4.78, 5) is 0. The van der Waals surface area contributed by atoms with Crippen LogP contribution in [0.3, 0.4) is 0 Å². The van der Waals surface area contributed by atoms with Crippen molar-refractivity contribution in [1.82, 2.24) is 0 Å². The molecule has 0 radical (unpaired) electrons. The Labute approximate surface area is 126 Å². The molecule has 5 nitrogen and oxygen atoms in total. The zero-order valence-electron chi connectivity index (χ0n) is 12.5. The quantitative estimate of drug-likeness (QED) is 0.869. The molecule has 0 heterocycles. The highest BCUT2D eigenvalue weighted by Crippen LogP contribution is 2.31. The second kappa shape index (κ2) is 6.66. The lowest BCUT2D eigenvalue weighted by molar-refractivity contribution is 0.396. The van der Waals surface area contributed by atoms with Crippen LogP contribution in [-0.2, 0) is 9.84 Å². The van der Waals surface area contributed by atoms with Gasteiger partial charge in [-0.2, -0.15) is 0 Å². The molecule has 0 aromatic heterocycles. The van der Waals surface area contributed by atoms with E-state index in [1.54, 1.807) is 32.4 Å². The third-order valence-electron chi connectivity index (χ3n) is 4.06. The molecule has 1 unspecified atom stereocenters. The molecule has 2 rings (SSSR count). The third kappa shape index (κ3) is 3.68. The van der Waals surface area contributed by atoms with E-state index in [1.807, 2.05) is 0 Å². The molecule has 0 saturated heterocycles. The Bertz CT molecular complexity index is 579. The van der Waals surface area contributed by atoms with Crippen molar-refractivity contribution in [3.05, 3.63) is 23.8 Å². The molecule has 2 N–H and O–H groups in total. The van der Waals surface area contributed by atoms with Crippen molar-refractivity contribution in [3.63, 3.8) is 0 Å². The second-order valence-electron chi connectivity index (χ2n) is 5.45. The lowest BCUT2D eigenvalue weighted by Gasteiger charge is -2.19.